The number of halogens is 1. The number of amides is 1. The topological polar surface area (TPSA) is 41.6 Å². The van der Waals surface area contributed by atoms with Crippen LogP contribution in [0.1, 0.15) is 17.4 Å². The van der Waals surface area contributed by atoms with Crippen LogP contribution in [0.25, 0.3) is 0 Å². The van der Waals surface area contributed by atoms with Crippen molar-refractivity contribution in [2.45, 2.75) is 26.0 Å². The van der Waals surface area contributed by atoms with E-state index in [1.54, 1.807) is 6.92 Å². The number of thiophene rings is 1. The SMILES string of the molecule is CC(Oc1ccc(Br)cc1)C(=O)NCCN1CCc2sccc2C1. The molecule has 128 valence electrons. The minimum absolute atomic E-state index is 0.0776. The Bertz CT molecular complexity index is 687. The molecule has 0 aliphatic carbocycles. The standard InChI is InChI=1S/C18H21BrN2O2S/c1-13(23-16-4-2-15(19)3-5-16)18(22)20-8-10-21-9-6-17-14(12-21)7-11-24-17/h2-5,7,11,13H,6,8-10,12H2,1H3,(H,20,22). The van der Waals surface area contributed by atoms with Gasteiger partial charge in [0.25, 0.3) is 5.91 Å². The van der Waals surface area contributed by atoms with Crippen LogP contribution < -0.4 is 10.1 Å². The summed E-state index contributed by atoms with van der Waals surface area (Å²) in [6.07, 6.45) is 0.611. The fourth-order valence-corrected chi connectivity index (χ4v) is 3.90. The van der Waals surface area contributed by atoms with Crippen LogP contribution in [-0.4, -0.2) is 36.5 Å². The van der Waals surface area contributed by atoms with E-state index in [-0.39, 0.29) is 5.91 Å². The lowest BCUT2D eigenvalue weighted by molar-refractivity contribution is -0.127. The monoisotopic (exact) mass is 408 g/mol. The minimum atomic E-state index is -0.504. The average Bonchev–Trinajstić information content (AvgIpc) is 3.04. The molecule has 2 heterocycles. The number of benzene rings is 1. The third kappa shape index (κ3) is 4.59. The quantitative estimate of drug-likeness (QED) is 0.795. The molecule has 6 heteroatoms. The molecule has 0 saturated heterocycles. The first-order valence-electron chi connectivity index (χ1n) is 8.09. The molecular weight excluding hydrogens is 388 g/mol. The number of rotatable bonds is 6. The van der Waals surface area contributed by atoms with Gasteiger partial charge in [-0.3, -0.25) is 9.69 Å². The summed E-state index contributed by atoms with van der Waals surface area (Å²) in [5, 5.41) is 5.13. The van der Waals surface area contributed by atoms with E-state index in [0.717, 1.165) is 30.5 Å². The molecule has 1 N–H and O–H groups in total. The molecule has 1 aliphatic heterocycles. The van der Waals surface area contributed by atoms with Crippen molar-refractivity contribution in [2.24, 2.45) is 0 Å². The Labute approximate surface area is 154 Å². The van der Waals surface area contributed by atoms with Crippen LogP contribution in [0.3, 0.4) is 0 Å². The van der Waals surface area contributed by atoms with E-state index in [2.05, 4.69) is 37.6 Å². The molecule has 1 aromatic carbocycles. The lowest BCUT2D eigenvalue weighted by Crippen LogP contribution is -2.41. The lowest BCUT2D eigenvalue weighted by atomic mass is 10.1. The molecule has 24 heavy (non-hydrogen) atoms. The van der Waals surface area contributed by atoms with Crippen molar-refractivity contribution in [3.63, 3.8) is 0 Å². The normalized spacial score (nSPS) is 15.6. The summed E-state index contributed by atoms with van der Waals surface area (Å²) < 4.78 is 6.65. The van der Waals surface area contributed by atoms with Gasteiger partial charge in [0.1, 0.15) is 5.75 Å². The van der Waals surface area contributed by atoms with E-state index in [1.165, 1.54) is 10.4 Å². The largest absolute Gasteiger partial charge is 0.481 e. The van der Waals surface area contributed by atoms with Crippen LogP contribution in [0.15, 0.2) is 40.2 Å². The molecule has 1 unspecified atom stereocenters. The molecule has 3 rings (SSSR count). The second-order valence-electron chi connectivity index (χ2n) is 5.90. The fourth-order valence-electron chi connectivity index (χ4n) is 2.75. The summed E-state index contributed by atoms with van der Waals surface area (Å²) in [6, 6.07) is 9.70. The number of hydrogen-bond donors (Lipinski definition) is 1. The van der Waals surface area contributed by atoms with Gasteiger partial charge in [0.2, 0.25) is 0 Å². The molecule has 0 fully saturated rings. The first-order valence-corrected chi connectivity index (χ1v) is 9.76. The van der Waals surface area contributed by atoms with Crippen molar-refractivity contribution in [1.29, 1.82) is 0 Å². The van der Waals surface area contributed by atoms with Crippen molar-refractivity contribution in [1.82, 2.24) is 10.2 Å². The average molecular weight is 409 g/mol. The molecule has 0 spiro atoms. The number of nitrogens with zero attached hydrogens (tertiary/aromatic N) is 1. The van der Waals surface area contributed by atoms with Crippen molar-refractivity contribution in [3.8, 4) is 5.75 Å². The molecule has 2 aromatic rings. The fraction of sp³-hybridized carbons (Fsp3) is 0.389. The highest BCUT2D eigenvalue weighted by molar-refractivity contribution is 9.10. The Kier molecular flexibility index (Phi) is 5.92. The van der Waals surface area contributed by atoms with Crippen LogP contribution in [0.2, 0.25) is 0 Å². The second kappa shape index (κ2) is 8.14. The number of carbonyl (C=O) groups is 1. The maximum Gasteiger partial charge on any atom is 0.260 e. The van der Waals surface area contributed by atoms with Crippen LogP contribution >= 0.6 is 27.3 Å². The van der Waals surface area contributed by atoms with E-state index in [4.69, 9.17) is 4.74 Å². The second-order valence-corrected chi connectivity index (χ2v) is 7.82. The van der Waals surface area contributed by atoms with E-state index in [1.807, 2.05) is 35.6 Å². The van der Waals surface area contributed by atoms with Gasteiger partial charge in [-0.05, 0) is 54.6 Å². The van der Waals surface area contributed by atoms with E-state index in [0.29, 0.717) is 12.3 Å². The maximum atomic E-state index is 12.2. The van der Waals surface area contributed by atoms with Gasteiger partial charge in [-0.2, -0.15) is 0 Å². The van der Waals surface area contributed by atoms with Gasteiger partial charge < -0.3 is 10.1 Å². The Morgan fingerprint density at radius 1 is 1.38 bits per heavy atom. The van der Waals surface area contributed by atoms with Crippen LogP contribution in [0.5, 0.6) is 5.75 Å². The van der Waals surface area contributed by atoms with E-state index < -0.39 is 6.10 Å². The Morgan fingerprint density at radius 2 is 2.17 bits per heavy atom. The minimum Gasteiger partial charge on any atom is -0.481 e. The summed E-state index contributed by atoms with van der Waals surface area (Å²) in [7, 11) is 0. The molecule has 0 saturated carbocycles. The van der Waals surface area contributed by atoms with Crippen LogP contribution in [-0.2, 0) is 17.8 Å². The van der Waals surface area contributed by atoms with Gasteiger partial charge in [-0.25, -0.2) is 0 Å². The van der Waals surface area contributed by atoms with Crippen molar-refractivity contribution in [3.05, 3.63) is 50.6 Å². The van der Waals surface area contributed by atoms with Gasteiger partial charge in [0, 0.05) is 35.5 Å². The number of nitrogens with one attached hydrogen (secondary N) is 1. The van der Waals surface area contributed by atoms with Crippen molar-refractivity contribution in [2.75, 3.05) is 19.6 Å². The van der Waals surface area contributed by atoms with Crippen molar-refractivity contribution >= 4 is 33.2 Å². The number of ether oxygens (including phenoxy) is 1. The molecule has 4 nitrogen and oxygen atoms in total. The molecule has 1 atom stereocenters. The number of hydrogen-bond acceptors (Lipinski definition) is 4. The van der Waals surface area contributed by atoms with Gasteiger partial charge in [-0.15, -0.1) is 11.3 Å². The maximum absolute atomic E-state index is 12.2. The molecule has 1 amide bonds. The zero-order chi connectivity index (χ0) is 16.9. The van der Waals surface area contributed by atoms with Gasteiger partial charge in [0.15, 0.2) is 6.10 Å². The third-order valence-electron chi connectivity index (χ3n) is 4.11. The summed E-state index contributed by atoms with van der Waals surface area (Å²) in [6.45, 7) is 5.34. The molecule has 1 aromatic heterocycles. The Morgan fingerprint density at radius 3 is 2.96 bits per heavy atom. The Hall–Kier alpha value is -1.37. The van der Waals surface area contributed by atoms with Gasteiger partial charge in [-0.1, -0.05) is 15.9 Å². The Balaban J connectivity index is 1.40. The number of fused-ring (bicyclic) bond motifs is 1. The highest BCUT2D eigenvalue weighted by atomic mass is 79.9. The highest BCUT2D eigenvalue weighted by Crippen LogP contribution is 2.23. The first-order chi connectivity index (χ1) is 11.6. The van der Waals surface area contributed by atoms with Gasteiger partial charge >= 0.3 is 0 Å². The predicted octanol–water partition coefficient (Wildman–Crippen LogP) is 3.45. The van der Waals surface area contributed by atoms with Gasteiger partial charge in [0.05, 0.1) is 0 Å². The zero-order valence-corrected chi connectivity index (χ0v) is 16.0. The van der Waals surface area contributed by atoms with Crippen LogP contribution in [0.4, 0.5) is 0 Å². The zero-order valence-electron chi connectivity index (χ0n) is 13.6. The van der Waals surface area contributed by atoms with Crippen molar-refractivity contribution < 1.29 is 9.53 Å². The smallest absolute Gasteiger partial charge is 0.260 e. The summed E-state index contributed by atoms with van der Waals surface area (Å²) in [4.78, 5) is 16.0. The first kappa shape index (κ1) is 17.5. The molecule has 0 radical (unpaired) electrons. The highest BCUT2D eigenvalue weighted by Gasteiger charge is 2.18. The molecule has 1 aliphatic rings. The summed E-state index contributed by atoms with van der Waals surface area (Å²) >= 11 is 5.23. The number of carbonyl (C=O) groups excluding carboxylic acids is 1. The molecular formula is C18H21BrN2O2S. The van der Waals surface area contributed by atoms with E-state index >= 15 is 0 Å². The summed E-state index contributed by atoms with van der Waals surface area (Å²) in [5.74, 6) is 0.619. The van der Waals surface area contributed by atoms with Crippen LogP contribution in [0, 0.1) is 0 Å². The summed E-state index contributed by atoms with van der Waals surface area (Å²) in [5.41, 5.74) is 1.43. The predicted molar refractivity (Wildman–Crippen MR) is 101 cm³/mol. The van der Waals surface area contributed by atoms with E-state index in [9.17, 15) is 4.79 Å². The third-order valence-corrected chi connectivity index (χ3v) is 5.66. The lowest BCUT2D eigenvalue weighted by Gasteiger charge is -2.27. The molecule has 0 bridgehead atoms.